The number of hydrogen-bond donors (Lipinski definition) is 1. The van der Waals surface area contributed by atoms with E-state index in [1.807, 2.05) is 0 Å². The number of rotatable bonds is 2. The molecule has 0 saturated carbocycles. The molecule has 0 aromatic rings. The van der Waals surface area contributed by atoms with Crippen molar-refractivity contribution in [1.29, 1.82) is 0 Å². The zero-order chi connectivity index (χ0) is 11.0. The van der Waals surface area contributed by atoms with Crippen molar-refractivity contribution in [2.24, 2.45) is 0 Å². The van der Waals surface area contributed by atoms with E-state index in [9.17, 15) is 9.90 Å². The van der Waals surface area contributed by atoms with Crippen LogP contribution in [0.4, 0.5) is 0 Å². The molecule has 0 radical (unpaired) electrons. The quantitative estimate of drug-likeness (QED) is 0.533. The van der Waals surface area contributed by atoms with Crippen LogP contribution in [0.1, 0.15) is 27.2 Å². The zero-order valence-electron chi connectivity index (χ0n) is 8.79. The van der Waals surface area contributed by atoms with E-state index in [0.29, 0.717) is 5.57 Å². The van der Waals surface area contributed by atoms with Crippen LogP contribution < -0.4 is 0 Å². The van der Waals surface area contributed by atoms with Crippen LogP contribution in [0.2, 0.25) is 0 Å². The summed E-state index contributed by atoms with van der Waals surface area (Å²) >= 11 is 0. The number of esters is 1. The first-order chi connectivity index (χ1) is 6.24. The lowest BCUT2D eigenvalue weighted by molar-refractivity contribution is -0.155. The van der Waals surface area contributed by atoms with Crippen LogP contribution in [0.3, 0.4) is 0 Å². The molecule has 2 atom stereocenters. The van der Waals surface area contributed by atoms with Crippen molar-refractivity contribution < 1.29 is 19.4 Å². The van der Waals surface area contributed by atoms with E-state index in [0.717, 1.165) is 0 Å². The summed E-state index contributed by atoms with van der Waals surface area (Å²) in [7, 11) is 0. The van der Waals surface area contributed by atoms with Gasteiger partial charge >= 0.3 is 5.97 Å². The van der Waals surface area contributed by atoms with E-state index >= 15 is 0 Å². The summed E-state index contributed by atoms with van der Waals surface area (Å²) in [6.45, 7) is 8.56. The molecule has 1 N–H and O–H groups in total. The highest BCUT2D eigenvalue weighted by Gasteiger charge is 2.45. The number of hydrogen-bond acceptors (Lipinski definition) is 4. The first-order valence-corrected chi connectivity index (χ1v) is 4.49. The van der Waals surface area contributed by atoms with E-state index in [1.54, 1.807) is 20.8 Å². The molecule has 2 unspecified atom stereocenters. The first-order valence-electron chi connectivity index (χ1n) is 4.49. The average Bonchev–Trinajstić information content (AvgIpc) is 2.25. The number of carbonyl (C=O) groups is 1. The Morgan fingerprint density at radius 3 is 2.50 bits per heavy atom. The molecule has 14 heavy (non-hydrogen) atoms. The molecular formula is C10H16O4. The minimum atomic E-state index is -1.20. The number of aliphatic hydroxyl groups is 1. The van der Waals surface area contributed by atoms with Crippen molar-refractivity contribution in [1.82, 2.24) is 0 Å². The van der Waals surface area contributed by atoms with Crippen LogP contribution in [0.25, 0.3) is 0 Å². The lowest BCUT2D eigenvalue weighted by atomic mass is 10.0. The van der Waals surface area contributed by atoms with Crippen molar-refractivity contribution in [3.8, 4) is 0 Å². The van der Waals surface area contributed by atoms with Gasteiger partial charge in [-0.15, -0.1) is 0 Å². The maximum atomic E-state index is 11.3. The minimum absolute atomic E-state index is 0.207. The highest BCUT2D eigenvalue weighted by atomic mass is 16.7. The van der Waals surface area contributed by atoms with Gasteiger partial charge in [-0.2, -0.15) is 0 Å². The molecule has 0 aliphatic carbocycles. The molecular weight excluding hydrogens is 184 g/mol. The van der Waals surface area contributed by atoms with E-state index in [1.165, 1.54) is 0 Å². The third-order valence-electron chi connectivity index (χ3n) is 2.08. The third-order valence-corrected chi connectivity index (χ3v) is 2.08. The molecule has 4 heteroatoms. The molecule has 1 saturated heterocycles. The highest BCUT2D eigenvalue weighted by Crippen LogP contribution is 2.33. The Balaban J connectivity index is 2.61. The predicted octanol–water partition coefficient (Wildman–Crippen LogP) is 0.993. The molecule has 0 aromatic heterocycles. The topological polar surface area (TPSA) is 55.8 Å². The summed E-state index contributed by atoms with van der Waals surface area (Å²) < 4.78 is 10.3. The fourth-order valence-corrected chi connectivity index (χ4v) is 1.48. The maximum Gasteiger partial charge on any atom is 0.333 e. The Bertz CT molecular complexity index is 269. The monoisotopic (exact) mass is 200 g/mol. The van der Waals surface area contributed by atoms with Crippen molar-refractivity contribution in [3.05, 3.63) is 12.2 Å². The van der Waals surface area contributed by atoms with Gasteiger partial charge < -0.3 is 14.6 Å². The van der Waals surface area contributed by atoms with Gasteiger partial charge in [0.05, 0.1) is 6.61 Å². The van der Waals surface area contributed by atoms with Gasteiger partial charge in [-0.05, 0) is 20.8 Å². The standard InChI is InChI=1S/C10H16O4/c1-7(2)8(11)14-9(3)5-10(4,12)13-6-9/h12H,1,5-6H2,2-4H3. The smallest absolute Gasteiger partial charge is 0.333 e. The van der Waals surface area contributed by atoms with E-state index < -0.39 is 17.4 Å². The van der Waals surface area contributed by atoms with Gasteiger partial charge in [-0.25, -0.2) is 4.79 Å². The summed E-state index contributed by atoms with van der Waals surface area (Å²) in [5, 5.41) is 9.55. The Hall–Kier alpha value is -0.870. The number of carbonyl (C=O) groups excluding carboxylic acids is 1. The predicted molar refractivity (Wildman–Crippen MR) is 50.5 cm³/mol. The second-order valence-electron chi connectivity index (χ2n) is 4.26. The highest BCUT2D eigenvalue weighted by molar-refractivity contribution is 5.87. The lowest BCUT2D eigenvalue weighted by Crippen LogP contribution is -2.34. The lowest BCUT2D eigenvalue weighted by Gasteiger charge is -2.23. The van der Waals surface area contributed by atoms with Crippen LogP contribution >= 0.6 is 0 Å². The second-order valence-corrected chi connectivity index (χ2v) is 4.26. The Morgan fingerprint density at radius 2 is 2.14 bits per heavy atom. The fourth-order valence-electron chi connectivity index (χ4n) is 1.48. The van der Waals surface area contributed by atoms with Crippen LogP contribution in [0.15, 0.2) is 12.2 Å². The average molecular weight is 200 g/mol. The molecule has 1 aliphatic heterocycles. The zero-order valence-corrected chi connectivity index (χ0v) is 8.79. The van der Waals surface area contributed by atoms with Crippen molar-refractivity contribution >= 4 is 5.97 Å². The van der Waals surface area contributed by atoms with Gasteiger partial charge in [-0.1, -0.05) is 6.58 Å². The molecule has 4 nitrogen and oxygen atoms in total. The van der Waals surface area contributed by atoms with Crippen molar-refractivity contribution in [2.75, 3.05) is 6.61 Å². The van der Waals surface area contributed by atoms with E-state index in [4.69, 9.17) is 9.47 Å². The van der Waals surface area contributed by atoms with E-state index in [2.05, 4.69) is 6.58 Å². The Morgan fingerprint density at radius 1 is 1.57 bits per heavy atom. The van der Waals surface area contributed by atoms with Crippen molar-refractivity contribution in [3.63, 3.8) is 0 Å². The van der Waals surface area contributed by atoms with Gasteiger partial charge in [0.2, 0.25) is 0 Å². The van der Waals surface area contributed by atoms with Gasteiger partial charge in [0.25, 0.3) is 0 Å². The third kappa shape index (κ3) is 2.56. The molecule has 0 spiro atoms. The van der Waals surface area contributed by atoms with Crippen molar-refractivity contribution in [2.45, 2.75) is 38.6 Å². The van der Waals surface area contributed by atoms with E-state index in [-0.39, 0.29) is 13.0 Å². The van der Waals surface area contributed by atoms with Gasteiger partial charge in [0.15, 0.2) is 5.79 Å². The summed E-state index contributed by atoms with van der Waals surface area (Å²) in [6.07, 6.45) is 0.277. The molecule has 0 bridgehead atoms. The normalized spacial score (nSPS) is 36.9. The summed E-state index contributed by atoms with van der Waals surface area (Å²) in [5.74, 6) is -1.65. The molecule has 80 valence electrons. The SMILES string of the molecule is C=C(C)C(=O)OC1(C)COC(C)(O)C1. The van der Waals surface area contributed by atoms with Crippen LogP contribution in [-0.2, 0) is 14.3 Å². The molecule has 1 aliphatic rings. The Labute approximate surface area is 83.5 Å². The molecule has 0 aromatic carbocycles. The van der Waals surface area contributed by atoms with Gasteiger partial charge in [0, 0.05) is 12.0 Å². The maximum absolute atomic E-state index is 11.3. The fraction of sp³-hybridized carbons (Fsp3) is 0.700. The molecule has 1 rings (SSSR count). The summed E-state index contributed by atoms with van der Waals surface area (Å²) in [6, 6.07) is 0. The Kier molecular flexibility index (Phi) is 2.69. The number of ether oxygens (including phenoxy) is 2. The van der Waals surface area contributed by atoms with Gasteiger partial charge in [0.1, 0.15) is 5.60 Å². The first kappa shape index (κ1) is 11.2. The minimum Gasteiger partial charge on any atom is -0.453 e. The summed E-state index contributed by atoms with van der Waals surface area (Å²) in [5.41, 5.74) is -0.405. The second kappa shape index (κ2) is 3.37. The van der Waals surface area contributed by atoms with Gasteiger partial charge in [-0.3, -0.25) is 0 Å². The molecule has 0 amide bonds. The molecule has 1 heterocycles. The van der Waals surface area contributed by atoms with Crippen LogP contribution in [-0.4, -0.2) is 29.1 Å². The molecule has 1 fully saturated rings. The van der Waals surface area contributed by atoms with Crippen LogP contribution in [0, 0.1) is 0 Å². The van der Waals surface area contributed by atoms with Crippen LogP contribution in [0.5, 0.6) is 0 Å². The largest absolute Gasteiger partial charge is 0.453 e. The summed E-state index contributed by atoms with van der Waals surface area (Å²) in [4.78, 5) is 11.3.